The number of methoxy groups -OCH3 is 1. The standard InChI is InChI=1S/C30H43N3O5S/c1-23-17-28(37-3)18-24(2)30(23)39(35,36)33-16-8-5-9-27(33)21-38-22-29(34)31-19-25-10-12-26(13-11-25)20-32-14-6-4-7-15-32/h10-13,17-18,27H,4-9,14-16,19-22H2,1-3H3,(H,31,34). The number of hydrogen-bond acceptors (Lipinski definition) is 6. The minimum Gasteiger partial charge on any atom is -0.497 e. The zero-order valence-electron chi connectivity index (χ0n) is 23.6. The summed E-state index contributed by atoms with van der Waals surface area (Å²) in [6, 6.07) is 11.6. The minimum absolute atomic E-state index is 0.0992. The van der Waals surface area contributed by atoms with Gasteiger partial charge in [-0.25, -0.2) is 8.42 Å². The molecule has 1 atom stereocenters. The van der Waals surface area contributed by atoms with Crippen molar-refractivity contribution in [3.63, 3.8) is 0 Å². The van der Waals surface area contributed by atoms with Crippen molar-refractivity contribution in [1.82, 2.24) is 14.5 Å². The smallest absolute Gasteiger partial charge is 0.246 e. The van der Waals surface area contributed by atoms with Gasteiger partial charge in [0.2, 0.25) is 15.9 Å². The number of carbonyl (C=O) groups is 1. The normalized spacial score (nSPS) is 19.1. The fourth-order valence-corrected chi connectivity index (χ4v) is 7.78. The Hall–Kier alpha value is -2.46. The molecule has 0 aromatic heterocycles. The van der Waals surface area contributed by atoms with E-state index in [2.05, 4.69) is 34.5 Å². The summed E-state index contributed by atoms with van der Waals surface area (Å²) in [5, 5.41) is 2.91. The number of sulfonamides is 1. The second kappa shape index (κ2) is 13.7. The van der Waals surface area contributed by atoms with E-state index in [1.54, 1.807) is 37.4 Å². The van der Waals surface area contributed by atoms with Crippen molar-refractivity contribution in [2.45, 2.75) is 76.4 Å². The molecule has 8 nitrogen and oxygen atoms in total. The van der Waals surface area contributed by atoms with Crippen molar-refractivity contribution in [2.24, 2.45) is 0 Å². The van der Waals surface area contributed by atoms with Crippen LogP contribution in [0.2, 0.25) is 0 Å². The van der Waals surface area contributed by atoms with Crippen molar-refractivity contribution in [3.8, 4) is 5.75 Å². The van der Waals surface area contributed by atoms with E-state index < -0.39 is 10.0 Å². The van der Waals surface area contributed by atoms with E-state index >= 15 is 0 Å². The van der Waals surface area contributed by atoms with Crippen LogP contribution in [0.15, 0.2) is 41.3 Å². The van der Waals surface area contributed by atoms with Gasteiger partial charge in [0.05, 0.1) is 18.6 Å². The molecule has 0 bridgehead atoms. The number of carbonyl (C=O) groups excluding carboxylic acids is 1. The van der Waals surface area contributed by atoms with Crippen LogP contribution >= 0.6 is 0 Å². The second-order valence-electron chi connectivity index (χ2n) is 10.8. The molecule has 2 saturated heterocycles. The number of amides is 1. The summed E-state index contributed by atoms with van der Waals surface area (Å²) in [7, 11) is -2.14. The average molecular weight is 558 g/mol. The average Bonchev–Trinajstić information content (AvgIpc) is 2.93. The Kier molecular flexibility index (Phi) is 10.4. The van der Waals surface area contributed by atoms with E-state index in [-0.39, 0.29) is 25.2 Å². The van der Waals surface area contributed by atoms with Crippen LogP contribution in [0.5, 0.6) is 5.75 Å². The van der Waals surface area contributed by atoms with E-state index in [0.29, 0.717) is 41.3 Å². The van der Waals surface area contributed by atoms with Gasteiger partial charge in [-0.3, -0.25) is 9.69 Å². The van der Waals surface area contributed by atoms with E-state index in [0.717, 1.165) is 24.9 Å². The quantitative estimate of drug-likeness (QED) is 0.446. The molecule has 1 amide bonds. The van der Waals surface area contributed by atoms with E-state index in [1.165, 1.54) is 37.9 Å². The zero-order valence-corrected chi connectivity index (χ0v) is 24.4. The van der Waals surface area contributed by atoms with Gasteiger partial charge in [-0.05, 0) is 87.0 Å². The van der Waals surface area contributed by atoms with Gasteiger partial charge in [0.25, 0.3) is 0 Å². The third-order valence-electron chi connectivity index (χ3n) is 7.72. The lowest BCUT2D eigenvalue weighted by molar-refractivity contribution is -0.126. The van der Waals surface area contributed by atoms with Crippen molar-refractivity contribution in [1.29, 1.82) is 0 Å². The Bertz CT molecular complexity index is 1190. The maximum absolute atomic E-state index is 13.7. The number of ether oxygens (including phenoxy) is 2. The van der Waals surface area contributed by atoms with Gasteiger partial charge in [-0.15, -0.1) is 0 Å². The lowest BCUT2D eigenvalue weighted by Crippen LogP contribution is -2.46. The van der Waals surface area contributed by atoms with Gasteiger partial charge in [0.15, 0.2) is 0 Å². The van der Waals surface area contributed by atoms with Crippen LogP contribution in [-0.4, -0.2) is 69.5 Å². The molecular weight excluding hydrogens is 514 g/mol. The first-order valence-corrected chi connectivity index (χ1v) is 15.5. The second-order valence-corrected chi connectivity index (χ2v) is 12.6. The highest BCUT2D eigenvalue weighted by molar-refractivity contribution is 7.89. The van der Waals surface area contributed by atoms with Gasteiger partial charge in [0.1, 0.15) is 12.4 Å². The predicted octanol–water partition coefficient (Wildman–Crippen LogP) is 4.17. The maximum Gasteiger partial charge on any atom is 0.246 e. The highest BCUT2D eigenvalue weighted by Crippen LogP contribution is 2.32. The van der Waals surface area contributed by atoms with Crippen LogP contribution in [0.3, 0.4) is 0 Å². The zero-order chi connectivity index (χ0) is 27.8. The summed E-state index contributed by atoms with van der Waals surface area (Å²) in [5.74, 6) is 0.432. The summed E-state index contributed by atoms with van der Waals surface area (Å²) in [6.07, 6.45) is 6.34. The van der Waals surface area contributed by atoms with Gasteiger partial charge < -0.3 is 14.8 Å². The summed E-state index contributed by atoms with van der Waals surface area (Å²) in [6.45, 7) is 7.88. The molecule has 39 heavy (non-hydrogen) atoms. The first kappa shape index (κ1) is 29.5. The fraction of sp³-hybridized carbons (Fsp3) is 0.567. The molecule has 9 heteroatoms. The molecular formula is C30H43N3O5S. The number of aryl methyl sites for hydroxylation is 2. The van der Waals surface area contributed by atoms with Crippen molar-refractivity contribution in [3.05, 3.63) is 58.7 Å². The van der Waals surface area contributed by atoms with Gasteiger partial charge in [-0.1, -0.05) is 37.1 Å². The largest absolute Gasteiger partial charge is 0.497 e. The molecule has 0 saturated carbocycles. The molecule has 1 unspecified atom stereocenters. The molecule has 1 N–H and O–H groups in total. The Morgan fingerprint density at radius 1 is 0.949 bits per heavy atom. The lowest BCUT2D eigenvalue weighted by atomic mass is 10.1. The summed E-state index contributed by atoms with van der Waals surface area (Å²) < 4.78 is 40.0. The molecule has 2 fully saturated rings. The van der Waals surface area contributed by atoms with E-state index in [4.69, 9.17) is 9.47 Å². The first-order chi connectivity index (χ1) is 18.8. The third-order valence-corrected chi connectivity index (χ3v) is 9.98. The molecule has 2 aromatic rings. The van der Waals surface area contributed by atoms with Gasteiger partial charge >= 0.3 is 0 Å². The van der Waals surface area contributed by atoms with Crippen molar-refractivity contribution < 1.29 is 22.7 Å². The van der Waals surface area contributed by atoms with Crippen LogP contribution < -0.4 is 10.1 Å². The van der Waals surface area contributed by atoms with E-state index in [1.807, 2.05) is 0 Å². The summed E-state index contributed by atoms with van der Waals surface area (Å²) in [5.41, 5.74) is 3.66. The molecule has 4 rings (SSSR count). The Balaban J connectivity index is 1.26. The first-order valence-electron chi connectivity index (χ1n) is 14.1. The highest BCUT2D eigenvalue weighted by atomic mass is 32.2. The molecule has 2 heterocycles. The minimum atomic E-state index is -3.71. The SMILES string of the molecule is COc1cc(C)c(S(=O)(=O)N2CCCCC2COCC(=O)NCc2ccc(CN3CCCCC3)cc2)c(C)c1. The molecule has 2 aliphatic rings. The Labute approximate surface area is 233 Å². The van der Waals surface area contributed by atoms with Crippen molar-refractivity contribution in [2.75, 3.05) is 40.0 Å². The predicted molar refractivity (Wildman–Crippen MR) is 152 cm³/mol. The maximum atomic E-state index is 13.7. The van der Waals surface area contributed by atoms with Crippen LogP contribution in [0.1, 0.15) is 60.8 Å². The highest BCUT2D eigenvalue weighted by Gasteiger charge is 2.35. The molecule has 2 aliphatic heterocycles. The van der Waals surface area contributed by atoms with Crippen LogP contribution in [0.25, 0.3) is 0 Å². The molecule has 0 aliphatic carbocycles. The number of nitrogens with zero attached hydrogens (tertiary/aromatic N) is 2. The number of piperidine rings is 2. The number of benzene rings is 2. The molecule has 0 radical (unpaired) electrons. The van der Waals surface area contributed by atoms with E-state index in [9.17, 15) is 13.2 Å². The topological polar surface area (TPSA) is 88.2 Å². The molecule has 0 spiro atoms. The van der Waals surface area contributed by atoms with Crippen LogP contribution in [-0.2, 0) is 32.6 Å². The number of nitrogens with one attached hydrogen (secondary N) is 1. The Morgan fingerprint density at radius 3 is 2.26 bits per heavy atom. The monoisotopic (exact) mass is 557 g/mol. The Morgan fingerprint density at radius 2 is 1.59 bits per heavy atom. The fourth-order valence-electron chi connectivity index (χ4n) is 5.69. The molecule has 2 aromatic carbocycles. The lowest BCUT2D eigenvalue weighted by Gasteiger charge is -2.35. The molecule has 214 valence electrons. The van der Waals surface area contributed by atoms with Crippen LogP contribution in [0, 0.1) is 13.8 Å². The van der Waals surface area contributed by atoms with Crippen LogP contribution in [0.4, 0.5) is 0 Å². The number of rotatable bonds is 11. The van der Waals surface area contributed by atoms with Crippen molar-refractivity contribution >= 4 is 15.9 Å². The number of hydrogen-bond donors (Lipinski definition) is 1. The summed E-state index contributed by atoms with van der Waals surface area (Å²) >= 11 is 0. The third kappa shape index (κ3) is 7.81. The van der Waals surface area contributed by atoms with Gasteiger partial charge in [-0.2, -0.15) is 4.31 Å². The number of likely N-dealkylation sites (tertiary alicyclic amines) is 1. The summed E-state index contributed by atoms with van der Waals surface area (Å²) in [4.78, 5) is 15.3. The van der Waals surface area contributed by atoms with Gasteiger partial charge in [0, 0.05) is 25.7 Å².